The van der Waals surface area contributed by atoms with E-state index in [9.17, 15) is 0 Å². The summed E-state index contributed by atoms with van der Waals surface area (Å²) < 4.78 is 0. The summed E-state index contributed by atoms with van der Waals surface area (Å²) in [4.78, 5) is 13.3. The molecule has 0 saturated carbocycles. The molecule has 0 saturated heterocycles. The molecule has 0 spiro atoms. The summed E-state index contributed by atoms with van der Waals surface area (Å²) in [6.07, 6.45) is 5.35. The summed E-state index contributed by atoms with van der Waals surface area (Å²) in [5.41, 5.74) is 2.14. The predicted molar refractivity (Wildman–Crippen MR) is 94.5 cm³/mol. The van der Waals surface area contributed by atoms with E-state index in [4.69, 9.17) is 0 Å². The van der Waals surface area contributed by atoms with E-state index in [0.717, 1.165) is 36.7 Å². The van der Waals surface area contributed by atoms with Gasteiger partial charge in [0.1, 0.15) is 0 Å². The Kier molecular flexibility index (Phi) is 7.04. The maximum atomic E-state index is 4.62. The molecule has 122 valence electrons. The molecule has 0 aliphatic heterocycles. The maximum absolute atomic E-state index is 4.62. The molecule has 0 unspecified atom stereocenters. The summed E-state index contributed by atoms with van der Waals surface area (Å²) in [6.45, 7) is 5.73. The Labute approximate surface area is 138 Å². The minimum Gasteiger partial charge on any atom is -0.356 e. The van der Waals surface area contributed by atoms with E-state index in [1.807, 2.05) is 48.8 Å². The first-order valence-electron chi connectivity index (χ1n) is 8.08. The van der Waals surface area contributed by atoms with E-state index in [0.29, 0.717) is 12.6 Å². The molecule has 2 N–H and O–H groups in total. The van der Waals surface area contributed by atoms with E-state index in [2.05, 4.69) is 39.4 Å². The van der Waals surface area contributed by atoms with Gasteiger partial charge in [0, 0.05) is 55.8 Å². The zero-order valence-corrected chi connectivity index (χ0v) is 13.9. The van der Waals surface area contributed by atoms with E-state index in [1.54, 1.807) is 0 Å². The highest BCUT2D eigenvalue weighted by Crippen LogP contribution is 1.96. The zero-order valence-electron chi connectivity index (χ0n) is 13.9. The molecular formula is C18H25N5. The van der Waals surface area contributed by atoms with Gasteiger partial charge in [-0.15, -0.1) is 0 Å². The van der Waals surface area contributed by atoms with Gasteiger partial charge in [0.2, 0.25) is 0 Å². The first kappa shape index (κ1) is 16.9. The summed E-state index contributed by atoms with van der Waals surface area (Å²) in [5, 5.41) is 6.71. The van der Waals surface area contributed by atoms with Crippen molar-refractivity contribution in [2.45, 2.75) is 32.7 Å². The quantitative estimate of drug-likeness (QED) is 0.608. The van der Waals surface area contributed by atoms with Crippen molar-refractivity contribution in [1.82, 2.24) is 20.6 Å². The highest BCUT2D eigenvalue weighted by Gasteiger charge is 2.02. The second kappa shape index (κ2) is 9.56. The molecule has 0 aliphatic rings. The molecule has 0 bridgehead atoms. The SMILES string of the molecule is CC(C)NC(=NCCc1ccccn1)NCCc1ccccn1. The fraction of sp³-hybridized carbons (Fsp3) is 0.389. The topological polar surface area (TPSA) is 62.2 Å². The first-order chi connectivity index (χ1) is 11.2. The van der Waals surface area contributed by atoms with Crippen molar-refractivity contribution in [2.75, 3.05) is 13.1 Å². The molecule has 2 heterocycles. The second-order valence-electron chi connectivity index (χ2n) is 5.60. The van der Waals surface area contributed by atoms with Crippen LogP contribution in [-0.2, 0) is 12.8 Å². The average Bonchev–Trinajstić information content (AvgIpc) is 2.56. The summed E-state index contributed by atoms with van der Waals surface area (Å²) in [6, 6.07) is 12.3. The highest BCUT2D eigenvalue weighted by atomic mass is 15.2. The molecule has 5 heteroatoms. The number of hydrogen-bond acceptors (Lipinski definition) is 3. The molecule has 0 fully saturated rings. The third-order valence-electron chi connectivity index (χ3n) is 3.19. The molecule has 23 heavy (non-hydrogen) atoms. The van der Waals surface area contributed by atoms with Crippen LogP contribution in [0.1, 0.15) is 25.2 Å². The predicted octanol–water partition coefficient (Wildman–Crippen LogP) is 2.21. The Morgan fingerprint density at radius 3 is 2.22 bits per heavy atom. The molecule has 0 aliphatic carbocycles. The van der Waals surface area contributed by atoms with Gasteiger partial charge >= 0.3 is 0 Å². The van der Waals surface area contributed by atoms with Crippen LogP contribution in [0.25, 0.3) is 0 Å². The second-order valence-corrected chi connectivity index (χ2v) is 5.60. The Hall–Kier alpha value is -2.43. The van der Waals surface area contributed by atoms with Gasteiger partial charge in [-0.05, 0) is 38.1 Å². The summed E-state index contributed by atoms with van der Waals surface area (Å²) in [7, 11) is 0. The van der Waals surface area contributed by atoms with Crippen LogP contribution in [0, 0.1) is 0 Å². The fourth-order valence-electron chi connectivity index (χ4n) is 2.11. The number of aliphatic imine (C=N–C) groups is 1. The molecule has 0 aromatic carbocycles. The smallest absolute Gasteiger partial charge is 0.191 e. The van der Waals surface area contributed by atoms with Crippen molar-refractivity contribution in [1.29, 1.82) is 0 Å². The van der Waals surface area contributed by atoms with Crippen LogP contribution in [0.4, 0.5) is 0 Å². The van der Waals surface area contributed by atoms with Crippen LogP contribution >= 0.6 is 0 Å². The molecule has 2 aromatic heterocycles. The van der Waals surface area contributed by atoms with E-state index >= 15 is 0 Å². The standard InChI is InChI=1S/C18H25N5/c1-15(2)23-18(21-13-9-16-7-3-5-11-19-16)22-14-10-17-8-4-6-12-20-17/h3-8,11-12,15H,9-10,13-14H2,1-2H3,(H2,21,22,23). The lowest BCUT2D eigenvalue weighted by molar-refractivity contribution is 0.691. The van der Waals surface area contributed by atoms with Crippen LogP contribution in [0.2, 0.25) is 0 Å². The van der Waals surface area contributed by atoms with Gasteiger partial charge in [0.15, 0.2) is 5.96 Å². The molecule has 2 rings (SSSR count). The van der Waals surface area contributed by atoms with Crippen LogP contribution in [-0.4, -0.2) is 35.1 Å². The van der Waals surface area contributed by atoms with Gasteiger partial charge < -0.3 is 10.6 Å². The van der Waals surface area contributed by atoms with Crippen LogP contribution in [0.15, 0.2) is 53.8 Å². The Bertz CT molecular complexity index is 581. The lowest BCUT2D eigenvalue weighted by atomic mass is 10.3. The number of rotatable bonds is 7. The summed E-state index contributed by atoms with van der Waals surface area (Å²) >= 11 is 0. The minimum atomic E-state index is 0.339. The highest BCUT2D eigenvalue weighted by molar-refractivity contribution is 5.80. The molecule has 2 aromatic rings. The van der Waals surface area contributed by atoms with Crippen molar-refractivity contribution in [3.8, 4) is 0 Å². The first-order valence-corrected chi connectivity index (χ1v) is 8.08. The molecule has 0 amide bonds. The van der Waals surface area contributed by atoms with Gasteiger partial charge in [-0.25, -0.2) is 0 Å². The number of guanidine groups is 1. The zero-order chi connectivity index (χ0) is 16.3. The Morgan fingerprint density at radius 2 is 1.65 bits per heavy atom. The van der Waals surface area contributed by atoms with Crippen molar-refractivity contribution in [3.63, 3.8) is 0 Å². The monoisotopic (exact) mass is 311 g/mol. The largest absolute Gasteiger partial charge is 0.356 e. The van der Waals surface area contributed by atoms with Crippen molar-refractivity contribution >= 4 is 5.96 Å². The van der Waals surface area contributed by atoms with Crippen LogP contribution < -0.4 is 10.6 Å². The minimum absolute atomic E-state index is 0.339. The Balaban J connectivity index is 1.82. The molecular weight excluding hydrogens is 286 g/mol. The van der Waals surface area contributed by atoms with Gasteiger partial charge in [0.25, 0.3) is 0 Å². The molecule has 0 radical (unpaired) electrons. The van der Waals surface area contributed by atoms with Gasteiger partial charge in [0.05, 0.1) is 0 Å². The van der Waals surface area contributed by atoms with E-state index in [1.165, 1.54) is 0 Å². The van der Waals surface area contributed by atoms with Gasteiger partial charge in [-0.3, -0.25) is 15.0 Å². The summed E-state index contributed by atoms with van der Waals surface area (Å²) in [5.74, 6) is 0.840. The van der Waals surface area contributed by atoms with Crippen molar-refractivity contribution in [2.24, 2.45) is 4.99 Å². The van der Waals surface area contributed by atoms with Crippen LogP contribution in [0.3, 0.4) is 0 Å². The van der Waals surface area contributed by atoms with Gasteiger partial charge in [-0.1, -0.05) is 12.1 Å². The number of aromatic nitrogens is 2. The fourth-order valence-corrected chi connectivity index (χ4v) is 2.11. The molecule has 0 atom stereocenters. The number of nitrogens with one attached hydrogen (secondary N) is 2. The number of nitrogens with zero attached hydrogens (tertiary/aromatic N) is 3. The third kappa shape index (κ3) is 6.91. The maximum Gasteiger partial charge on any atom is 0.191 e. The van der Waals surface area contributed by atoms with E-state index in [-0.39, 0.29) is 0 Å². The lowest BCUT2D eigenvalue weighted by Gasteiger charge is -2.15. The van der Waals surface area contributed by atoms with Gasteiger partial charge in [-0.2, -0.15) is 0 Å². The third-order valence-corrected chi connectivity index (χ3v) is 3.19. The van der Waals surface area contributed by atoms with Crippen LogP contribution in [0.5, 0.6) is 0 Å². The lowest BCUT2D eigenvalue weighted by Crippen LogP contribution is -2.42. The number of pyridine rings is 2. The normalized spacial score (nSPS) is 11.5. The van der Waals surface area contributed by atoms with E-state index < -0.39 is 0 Å². The van der Waals surface area contributed by atoms with Crippen molar-refractivity contribution in [3.05, 3.63) is 60.2 Å². The average molecular weight is 311 g/mol. The molecule has 5 nitrogen and oxygen atoms in total. The van der Waals surface area contributed by atoms with Crippen molar-refractivity contribution < 1.29 is 0 Å². The number of hydrogen-bond donors (Lipinski definition) is 2. The Morgan fingerprint density at radius 1 is 1.00 bits per heavy atom.